The molecule has 0 bridgehead atoms. The van der Waals surface area contributed by atoms with E-state index in [9.17, 15) is 14.2 Å². The summed E-state index contributed by atoms with van der Waals surface area (Å²) in [5, 5.41) is 0. The van der Waals surface area contributed by atoms with E-state index in [2.05, 4.69) is 0 Å². The molecule has 0 aliphatic rings. The zero-order chi connectivity index (χ0) is 15.4. The van der Waals surface area contributed by atoms with Gasteiger partial charge in [-0.25, -0.2) is 0 Å². The van der Waals surface area contributed by atoms with Crippen molar-refractivity contribution < 1.29 is 18.4 Å². The molecule has 6 nitrogen and oxygen atoms in total. The number of carbonyl (C=O) groups is 2. The fraction of sp³-hybridized carbons (Fsp3) is 0.818. The maximum atomic E-state index is 12.9. The van der Waals surface area contributed by atoms with E-state index in [1.54, 1.807) is 14.1 Å². The van der Waals surface area contributed by atoms with Crippen molar-refractivity contribution in [3.63, 3.8) is 0 Å². The first-order valence-corrected chi connectivity index (χ1v) is 11.5. The third-order valence-electron chi connectivity index (χ3n) is 2.37. The van der Waals surface area contributed by atoms with Crippen LogP contribution in [-0.4, -0.2) is 56.6 Å². The summed E-state index contributed by atoms with van der Waals surface area (Å²) in [6, 6.07) is 0. The van der Waals surface area contributed by atoms with Gasteiger partial charge in [-0.05, 0) is 19.6 Å². The molecule has 0 unspecified atom stereocenters. The predicted molar refractivity (Wildman–Crippen MR) is 78.7 cm³/mol. The average Bonchev–Trinajstić information content (AvgIpc) is 2.12. The first kappa shape index (κ1) is 18.3. The van der Waals surface area contributed by atoms with Crippen LogP contribution in [0, 0.1) is 0 Å². The van der Waals surface area contributed by atoms with Crippen molar-refractivity contribution in [2.45, 2.75) is 33.5 Å². The quantitative estimate of drug-likeness (QED) is 0.556. The molecule has 0 aliphatic heterocycles. The molecule has 0 atom stereocenters. The molecule has 0 radical (unpaired) electrons. The van der Waals surface area contributed by atoms with Gasteiger partial charge in [0.05, 0.1) is 12.6 Å². The zero-order valence-electron chi connectivity index (χ0n) is 12.9. The van der Waals surface area contributed by atoms with Gasteiger partial charge >= 0.3 is 0 Å². The van der Waals surface area contributed by atoms with Crippen molar-refractivity contribution in [1.29, 1.82) is 0 Å². The SMILES string of the molecule is CC(=O)N(C)CP(=O)(CN(C)C(C)=O)O[Si](C)(C)C. The van der Waals surface area contributed by atoms with Gasteiger partial charge in [0.15, 0.2) is 8.32 Å². The van der Waals surface area contributed by atoms with Crippen molar-refractivity contribution in [3.05, 3.63) is 0 Å². The smallest absolute Gasteiger partial charge is 0.231 e. The fourth-order valence-corrected chi connectivity index (χ4v) is 7.68. The summed E-state index contributed by atoms with van der Waals surface area (Å²) in [6.45, 7) is 8.62. The highest BCUT2D eigenvalue weighted by Gasteiger charge is 2.34. The Hall–Kier alpha value is -0.653. The molecule has 0 rings (SSSR count). The van der Waals surface area contributed by atoms with Gasteiger partial charge in [-0.15, -0.1) is 0 Å². The van der Waals surface area contributed by atoms with Gasteiger partial charge in [-0.3, -0.25) is 14.2 Å². The van der Waals surface area contributed by atoms with Crippen LogP contribution in [0.2, 0.25) is 19.6 Å². The Bertz CT molecular complexity index is 369. The lowest BCUT2D eigenvalue weighted by atomic mass is 10.6. The highest BCUT2D eigenvalue weighted by Crippen LogP contribution is 2.50. The van der Waals surface area contributed by atoms with Crippen LogP contribution in [0.25, 0.3) is 0 Å². The minimum absolute atomic E-state index is 0.0320. The zero-order valence-corrected chi connectivity index (χ0v) is 14.8. The van der Waals surface area contributed by atoms with Crippen molar-refractivity contribution >= 4 is 27.5 Å². The minimum atomic E-state index is -3.09. The molecular weight excluding hydrogens is 283 g/mol. The molecule has 0 fully saturated rings. The van der Waals surface area contributed by atoms with E-state index in [0.717, 1.165) is 0 Å². The lowest BCUT2D eigenvalue weighted by Crippen LogP contribution is -2.35. The maximum absolute atomic E-state index is 12.9. The summed E-state index contributed by atoms with van der Waals surface area (Å²) < 4.78 is 18.7. The first-order valence-electron chi connectivity index (χ1n) is 6.08. The van der Waals surface area contributed by atoms with Gasteiger partial charge < -0.3 is 14.0 Å². The summed E-state index contributed by atoms with van der Waals surface area (Å²) in [6.07, 6.45) is 0.0639. The molecule has 2 amide bonds. The Kier molecular flexibility index (Phi) is 6.45. The fourth-order valence-electron chi connectivity index (χ4n) is 1.45. The number of hydrogen-bond donors (Lipinski definition) is 0. The van der Waals surface area contributed by atoms with E-state index in [4.69, 9.17) is 4.21 Å². The van der Waals surface area contributed by atoms with E-state index < -0.39 is 15.7 Å². The molecule has 112 valence electrons. The highest BCUT2D eigenvalue weighted by molar-refractivity contribution is 7.60. The van der Waals surface area contributed by atoms with Crippen molar-refractivity contribution in [2.75, 3.05) is 26.7 Å². The Morgan fingerprint density at radius 1 is 1.00 bits per heavy atom. The van der Waals surface area contributed by atoms with Crippen LogP contribution in [0.1, 0.15) is 13.8 Å². The summed E-state index contributed by atoms with van der Waals surface area (Å²) in [5.41, 5.74) is 0. The van der Waals surface area contributed by atoms with Gasteiger partial charge in [0.25, 0.3) is 0 Å². The summed E-state index contributed by atoms with van der Waals surface area (Å²) >= 11 is 0. The molecule has 0 aromatic heterocycles. The second-order valence-corrected chi connectivity index (χ2v) is 12.9. The van der Waals surface area contributed by atoms with Crippen LogP contribution in [0.15, 0.2) is 0 Å². The molecule has 0 heterocycles. The number of amides is 2. The van der Waals surface area contributed by atoms with E-state index in [1.165, 1.54) is 23.6 Å². The van der Waals surface area contributed by atoms with Crippen LogP contribution in [0.5, 0.6) is 0 Å². The largest absolute Gasteiger partial charge is 0.368 e. The van der Waals surface area contributed by atoms with Crippen molar-refractivity contribution in [2.24, 2.45) is 0 Å². The van der Waals surface area contributed by atoms with Crippen LogP contribution < -0.4 is 0 Å². The van der Waals surface area contributed by atoms with E-state index in [0.29, 0.717) is 0 Å². The number of nitrogens with zero attached hydrogens (tertiary/aromatic N) is 2. The summed E-state index contributed by atoms with van der Waals surface area (Å²) in [4.78, 5) is 25.3. The lowest BCUT2D eigenvalue weighted by Gasteiger charge is -2.32. The van der Waals surface area contributed by atoms with E-state index in [1.807, 2.05) is 19.6 Å². The van der Waals surface area contributed by atoms with Crippen LogP contribution in [0.4, 0.5) is 0 Å². The summed E-state index contributed by atoms with van der Waals surface area (Å²) in [7, 11) is -1.96. The van der Waals surface area contributed by atoms with E-state index >= 15 is 0 Å². The average molecular weight is 308 g/mol. The second kappa shape index (κ2) is 6.68. The van der Waals surface area contributed by atoms with Crippen molar-refractivity contribution in [1.82, 2.24) is 9.80 Å². The first-order chi connectivity index (χ1) is 8.36. The third kappa shape index (κ3) is 7.50. The maximum Gasteiger partial charge on any atom is 0.231 e. The molecule has 8 heteroatoms. The minimum Gasteiger partial charge on any atom is -0.368 e. The molecule has 0 spiro atoms. The summed E-state index contributed by atoms with van der Waals surface area (Å²) in [5.74, 6) is -0.352. The Balaban J connectivity index is 5.07. The van der Waals surface area contributed by atoms with Crippen molar-refractivity contribution in [3.8, 4) is 0 Å². The molecule has 19 heavy (non-hydrogen) atoms. The highest BCUT2D eigenvalue weighted by atomic mass is 31.2. The Morgan fingerprint density at radius 2 is 1.32 bits per heavy atom. The Morgan fingerprint density at radius 3 is 1.53 bits per heavy atom. The van der Waals surface area contributed by atoms with Gasteiger partial charge in [-0.2, -0.15) is 0 Å². The topological polar surface area (TPSA) is 66.9 Å². The normalized spacial score (nSPS) is 12.2. The van der Waals surface area contributed by atoms with E-state index in [-0.39, 0.29) is 24.4 Å². The van der Waals surface area contributed by atoms with Crippen LogP contribution >= 0.6 is 7.37 Å². The predicted octanol–water partition coefficient (Wildman–Crippen LogP) is 1.99. The standard InChI is InChI=1S/C11H25N2O4PSi/c1-10(14)12(3)8-18(16,17-19(5,6)7)9-13(4)11(2)15/h8-9H2,1-7H3. The van der Waals surface area contributed by atoms with Crippen LogP contribution in [0.3, 0.4) is 0 Å². The third-order valence-corrected chi connectivity index (χ3v) is 7.60. The molecule has 0 aliphatic carbocycles. The van der Waals surface area contributed by atoms with Gasteiger partial charge in [0, 0.05) is 27.9 Å². The number of rotatable bonds is 6. The lowest BCUT2D eigenvalue weighted by molar-refractivity contribution is -0.127. The number of hydrogen-bond acceptors (Lipinski definition) is 4. The Labute approximate surface area is 116 Å². The number of carbonyl (C=O) groups excluding carboxylic acids is 2. The molecule has 0 aromatic rings. The second-order valence-electron chi connectivity index (χ2n) is 5.73. The molecule has 0 saturated heterocycles. The molecular formula is C11H25N2O4PSi. The molecule has 0 aromatic carbocycles. The monoisotopic (exact) mass is 308 g/mol. The van der Waals surface area contributed by atoms with Gasteiger partial charge in [-0.1, -0.05) is 0 Å². The van der Waals surface area contributed by atoms with Gasteiger partial charge in [0.1, 0.15) is 0 Å². The molecule has 0 saturated carbocycles. The molecule has 0 N–H and O–H groups in total. The van der Waals surface area contributed by atoms with Crippen LogP contribution in [-0.2, 0) is 18.4 Å². The van der Waals surface area contributed by atoms with Gasteiger partial charge in [0.2, 0.25) is 19.2 Å².